The summed E-state index contributed by atoms with van der Waals surface area (Å²) in [6.45, 7) is 3.54. The Hall–Kier alpha value is -3.43. The van der Waals surface area contributed by atoms with Crippen LogP contribution >= 0.6 is 0 Å². The van der Waals surface area contributed by atoms with E-state index in [0.717, 1.165) is 29.3 Å². The molecular formula is C26H27N3O5S. The van der Waals surface area contributed by atoms with E-state index in [1.54, 1.807) is 11.0 Å². The number of carbonyl (C=O) groups is 1. The first kappa shape index (κ1) is 23.3. The second kappa shape index (κ2) is 9.31. The first-order valence-electron chi connectivity index (χ1n) is 11.8. The quantitative estimate of drug-likeness (QED) is 0.388. The van der Waals surface area contributed by atoms with Crippen LogP contribution in [0.2, 0.25) is 0 Å². The van der Waals surface area contributed by atoms with Gasteiger partial charge in [-0.25, -0.2) is 13.2 Å². The molecule has 1 saturated heterocycles. The molecule has 1 fully saturated rings. The van der Waals surface area contributed by atoms with Crippen LogP contribution in [0.4, 0.5) is 5.69 Å². The van der Waals surface area contributed by atoms with Crippen molar-refractivity contribution in [1.82, 2.24) is 8.87 Å². The number of carbonyl (C=O) groups excluding carboxylic acids is 1. The third-order valence-corrected chi connectivity index (χ3v) is 8.45. The zero-order valence-electron chi connectivity index (χ0n) is 19.5. The summed E-state index contributed by atoms with van der Waals surface area (Å²) in [5.41, 5.74) is 1.47. The lowest BCUT2D eigenvalue weighted by atomic mass is 10.1. The normalized spacial score (nSPS) is 14.7. The number of oxazole rings is 1. The Kier molecular flexibility index (Phi) is 6.21. The van der Waals surface area contributed by atoms with Crippen LogP contribution in [0.25, 0.3) is 21.9 Å². The number of amides is 1. The molecule has 0 bridgehead atoms. The number of hydrogen-bond donors (Lipinski definition) is 0. The highest BCUT2D eigenvalue weighted by Crippen LogP contribution is 2.25. The van der Waals surface area contributed by atoms with Crippen LogP contribution in [0.5, 0.6) is 0 Å². The topological polar surface area (TPSA) is 92.8 Å². The highest BCUT2D eigenvalue weighted by Gasteiger charge is 2.28. The first-order chi connectivity index (χ1) is 16.9. The predicted molar refractivity (Wildman–Crippen MR) is 135 cm³/mol. The lowest BCUT2D eigenvalue weighted by Gasteiger charge is -2.21. The number of hydrogen-bond acceptors (Lipinski definition) is 5. The summed E-state index contributed by atoms with van der Waals surface area (Å²) in [6.07, 6.45) is 1.78. The van der Waals surface area contributed by atoms with Crippen molar-refractivity contribution in [3.05, 3.63) is 71.2 Å². The van der Waals surface area contributed by atoms with Crippen LogP contribution in [-0.2, 0) is 21.4 Å². The van der Waals surface area contributed by atoms with Gasteiger partial charge in [-0.05, 0) is 54.8 Å². The molecule has 5 rings (SSSR count). The standard InChI is InChI=1S/C26H27N3O5S/c1-2-28(21-10-9-19-7-3-4-8-20(19)17-21)25(30)13-16-29-23-12-11-22(18-24(23)34-26(29)31)35(32,33)27-14-5-6-15-27/h3-4,7-12,17-18H,2,5-6,13-16H2,1H3. The fraction of sp³-hybridized carbons (Fsp3) is 0.308. The Morgan fingerprint density at radius 2 is 1.74 bits per heavy atom. The fourth-order valence-electron chi connectivity index (χ4n) is 4.69. The Balaban J connectivity index is 1.36. The second-order valence-electron chi connectivity index (χ2n) is 8.68. The lowest BCUT2D eigenvalue weighted by Crippen LogP contribution is -2.32. The van der Waals surface area contributed by atoms with Crippen molar-refractivity contribution in [1.29, 1.82) is 0 Å². The van der Waals surface area contributed by atoms with Gasteiger partial charge in [0.25, 0.3) is 0 Å². The van der Waals surface area contributed by atoms with Crippen LogP contribution in [0.3, 0.4) is 0 Å². The van der Waals surface area contributed by atoms with Gasteiger partial charge in [0.2, 0.25) is 15.9 Å². The number of sulfonamides is 1. The van der Waals surface area contributed by atoms with Crippen molar-refractivity contribution in [2.75, 3.05) is 24.5 Å². The first-order valence-corrected chi connectivity index (χ1v) is 13.3. The summed E-state index contributed by atoms with van der Waals surface area (Å²) in [5.74, 6) is -0.727. The summed E-state index contributed by atoms with van der Waals surface area (Å²) in [7, 11) is -3.62. The predicted octanol–water partition coefficient (Wildman–Crippen LogP) is 3.98. The highest BCUT2D eigenvalue weighted by atomic mass is 32.2. The summed E-state index contributed by atoms with van der Waals surface area (Å²) >= 11 is 0. The van der Waals surface area contributed by atoms with Gasteiger partial charge in [0, 0.05) is 44.4 Å². The van der Waals surface area contributed by atoms with Gasteiger partial charge < -0.3 is 9.32 Å². The number of aryl methyl sites for hydroxylation is 1. The summed E-state index contributed by atoms with van der Waals surface area (Å²) in [4.78, 5) is 27.4. The maximum absolute atomic E-state index is 13.1. The third-order valence-electron chi connectivity index (χ3n) is 6.55. The third kappa shape index (κ3) is 4.37. The number of fused-ring (bicyclic) bond motifs is 2. The largest absolute Gasteiger partial charge is 0.419 e. The SMILES string of the molecule is CCN(C(=O)CCn1c(=O)oc2cc(S(=O)(=O)N3CCCC3)ccc21)c1ccc2ccccc2c1. The molecule has 1 aliphatic heterocycles. The van der Waals surface area contributed by atoms with E-state index in [4.69, 9.17) is 4.42 Å². The van der Waals surface area contributed by atoms with Crippen LogP contribution in [0, 0.1) is 0 Å². The Labute approximate surface area is 203 Å². The van der Waals surface area contributed by atoms with E-state index >= 15 is 0 Å². The lowest BCUT2D eigenvalue weighted by molar-refractivity contribution is -0.118. The van der Waals surface area contributed by atoms with Gasteiger partial charge in [-0.2, -0.15) is 4.31 Å². The second-order valence-corrected chi connectivity index (χ2v) is 10.6. The van der Waals surface area contributed by atoms with E-state index in [0.29, 0.717) is 25.2 Å². The van der Waals surface area contributed by atoms with Crippen LogP contribution in [0.15, 0.2) is 74.8 Å². The van der Waals surface area contributed by atoms with E-state index < -0.39 is 15.8 Å². The molecule has 0 spiro atoms. The van der Waals surface area contributed by atoms with Crippen LogP contribution in [-0.4, -0.2) is 42.8 Å². The molecule has 0 unspecified atom stereocenters. The Bertz CT molecular complexity index is 1560. The summed E-state index contributed by atoms with van der Waals surface area (Å²) in [5, 5.41) is 2.15. The van der Waals surface area contributed by atoms with E-state index in [2.05, 4.69) is 0 Å². The molecule has 2 heterocycles. The molecule has 0 saturated carbocycles. The van der Waals surface area contributed by atoms with E-state index in [1.807, 2.05) is 49.4 Å². The molecule has 4 aromatic rings. The number of nitrogens with zero attached hydrogens (tertiary/aromatic N) is 3. The fourth-order valence-corrected chi connectivity index (χ4v) is 6.22. The Morgan fingerprint density at radius 1 is 1.00 bits per heavy atom. The van der Waals surface area contributed by atoms with Gasteiger partial charge >= 0.3 is 5.76 Å². The molecule has 1 aromatic heterocycles. The molecule has 182 valence electrons. The van der Waals surface area contributed by atoms with E-state index in [1.165, 1.54) is 21.0 Å². The molecule has 0 radical (unpaired) electrons. The molecular weight excluding hydrogens is 466 g/mol. The minimum absolute atomic E-state index is 0.100. The van der Waals surface area contributed by atoms with Crippen molar-refractivity contribution in [2.24, 2.45) is 0 Å². The summed E-state index contributed by atoms with van der Waals surface area (Å²) in [6, 6.07) is 18.3. The smallest absolute Gasteiger partial charge is 0.408 e. The molecule has 9 heteroatoms. The van der Waals surface area contributed by atoms with E-state index in [-0.39, 0.29) is 29.4 Å². The highest BCUT2D eigenvalue weighted by molar-refractivity contribution is 7.89. The zero-order valence-corrected chi connectivity index (χ0v) is 20.3. The molecule has 3 aromatic carbocycles. The molecule has 1 aliphatic rings. The molecule has 35 heavy (non-hydrogen) atoms. The zero-order chi connectivity index (χ0) is 24.6. The van der Waals surface area contributed by atoms with Gasteiger partial charge in [0.15, 0.2) is 5.58 Å². The maximum atomic E-state index is 13.1. The van der Waals surface area contributed by atoms with Gasteiger partial charge in [0.05, 0.1) is 10.4 Å². The minimum Gasteiger partial charge on any atom is -0.408 e. The molecule has 8 nitrogen and oxygen atoms in total. The van der Waals surface area contributed by atoms with E-state index in [9.17, 15) is 18.0 Å². The molecule has 1 amide bonds. The van der Waals surface area contributed by atoms with Gasteiger partial charge in [-0.3, -0.25) is 9.36 Å². The van der Waals surface area contributed by atoms with Gasteiger partial charge in [0.1, 0.15) is 0 Å². The number of anilines is 1. The molecule has 0 atom stereocenters. The average Bonchev–Trinajstić information content (AvgIpc) is 3.51. The minimum atomic E-state index is -3.62. The van der Waals surface area contributed by atoms with Gasteiger partial charge in [-0.15, -0.1) is 0 Å². The van der Waals surface area contributed by atoms with Crippen molar-refractivity contribution in [2.45, 2.75) is 37.6 Å². The van der Waals surface area contributed by atoms with Crippen molar-refractivity contribution in [3.63, 3.8) is 0 Å². The molecule has 0 N–H and O–H groups in total. The van der Waals surface area contributed by atoms with Gasteiger partial charge in [-0.1, -0.05) is 30.3 Å². The summed E-state index contributed by atoms with van der Waals surface area (Å²) < 4.78 is 33.9. The van der Waals surface area contributed by atoms with Crippen molar-refractivity contribution in [3.8, 4) is 0 Å². The monoisotopic (exact) mass is 493 g/mol. The molecule has 0 aliphatic carbocycles. The maximum Gasteiger partial charge on any atom is 0.419 e. The average molecular weight is 494 g/mol. The Morgan fingerprint density at radius 3 is 2.49 bits per heavy atom. The number of aromatic nitrogens is 1. The van der Waals surface area contributed by atoms with Crippen molar-refractivity contribution >= 4 is 43.5 Å². The van der Waals surface area contributed by atoms with Crippen LogP contribution < -0.4 is 10.7 Å². The number of benzene rings is 3. The van der Waals surface area contributed by atoms with Crippen molar-refractivity contribution < 1.29 is 17.6 Å². The number of rotatable bonds is 7. The van der Waals surface area contributed by atoms with Crippen LogP contribution in [0.1, 0.15) is 26.2 Å².